The molecule has 0 N–H and O–H groups in total. The standard InChI is InChI=1S/C25H27N3O5/c1-3-31-20-8-5-18(6-9-20)16-27(2)25(30)17-28-24(29)12-10-21(26-28)19-7-11-22-23(15-19)33-14-4-13-32-22/h5-12,15H,3-4,13-14,16-17H2,1-2H3. The highest BCUT2D eigenvalue weighted by molar-refractivity contribution is 5.75. The summed E-state index contributed by atoms with van der Waals surface area (Å²) in [5, 5.41) is 4.42. The quantitative estimate of drug-likeness (QED) is 0.551. The molecule has 172 valence electrons. The van der Waals surface area contributed by atoms with Gasteiger partial charge in [-0.15, -0.1) is 0 Å². The van der Waals surface area contributed by atoms with Crippen molar-refractivity contribution in [2.24, 2.45) is 0 Å². The van der Waals surface area contributed by atoms with Crippen LogP contribution in [0.4, 0.5) is 0 Å². The van der Waals surface area contributed by atoms with Crippen LogP contribution < -0.4 is 19.8 Å². The van der Waals surface area contributed by atoms with E-state index in [1.165, 1.54) is 10.7 Å². The monoisotopic (exact) mass is 449 g/mol. The van der Waals surface area contributed by atoms with E-state index in [9.17, 15) is 9.59 Å². The number of rotatable bonds is 7. The maximum Gasteiger partial charge on any atom is 0.267 e. The van der Waals surface area contributed by atoms with Gasteiger partial charge in [0.25, 0.3) is 5.56 Å². The highest BCUT2D eigenvalue weighted by Gasteiger charge is 2.15. The minimum absolute atomic E-state index is 0.148. The number of aromatic nitrogens is 2. The lowest BCUT2D eigenvalue weighted by atomic mass is 10.1. The summed E-state index contributed by atoms with van der Waals surface area (Å²) < 4.78 is 18.1. The van der Waals surface area contributed by atoms with Crippen LogP contribution in [0.15, 0.2) is 59.4 Å². The third-order valence-electron chi connectivity index (χ3n) is 5.27. The topological polar surface area (TPSA) is 82.9 Å². The second kappa shape index (κ2) is 10.2. The maximum absolute atomic E-state index is 12.8. The number of hydrogen-bond acceptors (Lipinski definition) is 6. The van der Waals surface area contributed by atoms with Crippen LogP contribution in [0.5, 0.6) is 17.2 Å². The molecule has 3 aromatic rings. The fourth-order valence-electron chi connectivity index (χ4n) is 3.51. The van der Waals surface area contributed by atoms with E-state index in [0.29, 0.717) is 43.6 Å². The van der Waals surface area contributed by atoms with Crippen molar-refractivity contribution in [3.05, 3.63) is 70.5 Å². The zero-order chi connectivity index (χ0) is 23.2. The van der Waals surface area contributed by atoms with Crippen LogP contribution in [0.3, 0.4) is 0 Å². The van der Waals surface area contributed by atoms with Crippen LogP contribution in [-0.4, -0.2) is 47.5 Å². The third kappa shape index (κ3) is 5.52. The summed E-state index contributed by atoms with van der Waals surface area (Å²) >= 11 is 0. The van der Waals surface area contributed by atoms with E-state index in [1.807, 2.05) is 49.4 Å². The average Bonchev–Trinajstić information content (AvgIpc) is 3.07. The van der Waals surface area contributed by atoms with Gasteiger partial charge < -0.3 is 19.1 Å². The van der Waals surface area contributed by atoms with Crippen molar-refractivity contribution >= 4 is 5.91 Å². The summed E-state index contributed by atoms with van der Waals surface area (Å²) in [5.74, 6) is 1.92. The van der Waals surface area contributed by atoms with E-state index >= 15 is 0 Å². The van der Waals surface area contributed by atoms with Gasteiger partial charge in [0.2, 0.25) is 5.91 Å². The Kier molecular flexibility index (Phi) is 6.92. The maximum atomic E-state index is 12.8. The molecule has 0 spiro atoms. The van der Waals surface area contributed by atoms with E-state index in [0.717, 1.165) is 23.3 Å². The van der Waals surface area contributed by atoms with Crippen molar-refractivity contribution in [2.45, 2.75) is 26.4 Å². The first-order valence-electron chi connectivity index (χ1n) is 11.0. The van der Waals surface area contributed by atoms with Crippen LogP contribution in [0.1, 0.15) is 18.9 Å². The molecular weight excluding hydrogens is 422 g/mol. The molecule has 0 saturated carbocycles. The molecule has 8 nitrogen and oxygen atoms in total. The number of nitrogens with zero attached hydrogens (tertiary/aromatic N) is 3. The van der Waals surface area contributed by atoms with Gasteiger partial charge in [-0.05, 0) is 48.9 Å². The van der Waals surface area contributed by atoms with E-state index < -0.39 is 0 Å². The van der Waals surface area contributed by atoms with Crippen molar-refractivity contribution in [3.63, 3.8) is 0 Å². The van der Waals surface area contributed by atoms with E-state index in [1.54, 1.807) is 18.0 Å². The first kappa shape index (κ1) is 22.4. The molecule has 0 aliphatic carbocycles. The number of ether oxygens (including phenoxy) is 3. The van der Waals surface area contributed by atoms with Crippen molar-refractivity contribution in [2.75, 3.05) is 26.9 Å². The minimum atomic E-state index is -0.337. The van der Waals surface area contributed by atoms with Gasteiger partial charge >= 0.3 is 0 Å². The molecule has 0 unspecified atom stereocenters. The molecule has 0 bridgehead atoms. The zero-order valence-electron chi connectivity index (χ0n) is 18.8. The Morgan fingerprint density at radius 1 is 1.06 bits per heavy atom. The fraction of sp³-hybridized carbons (Fsp3) is 0.320. The number of amides is 1. The van der Waals surface area contributed by atoms with Crippen molar-refractivity contribution in [3.8, 4) is 28.5 Å². The summed E-state index contributed by atoms with van der Waals surface area (Å²) in [5.41, 5.74) is 1.99. The SMILES string of the molecule is CCOc1ccc(CN(C)C(=O)Cn2nc(-c3ccc4c(c3)OCCCO4)ccc2=O)cc1. The van der Waals surface area contributed by atoms with Crippen molar-refractivity contribution < 1.29 is 19.0 Å². The Balaban J connectivity index is 1.47. The first-order valence-corrected chi connectivity index (χ1v) is 11.0. The number of fused-ring (bicyclic) bond motifs is 1. The molecule has 0 atom stereocenters. The van der Waals surface area contributed by atoms with E-state index in [4.69, 9.17) is 14.2 Å². The molecule has 2 heterocycles. The molecule has 0 fully saturated rings. The molecule has 4 rings (SSSR count). The molecule has 0 saturated heterocycles. The molecule has 1 aliphatic heterocycles. The van der Waals surface area contributed by atoms with Crippen molar-refractivity contribution in [1.82, 2.24) is 14.7 Å². The summed E-state index contributed by atoms with van der Waals surface area (Å²) in [6.45, 7) is 4.00. The number of benzene rings is 2. The number of hydrogen-bond donors (Lipinski definition) is 0. The van der Waals surface area contributed by atoms with Crippen LogP contribution in [0.2, 0.25) is 0 Å². The van der Waals surface area contributed by atoms with Gasteiger partial charge in [0, 0.05) is 31.6 Å². The largest absolute Gasteiger partial charge is 0.494 e. The van der Waals surface area contributed by atoms with Crippen molar-refractivity contribution in [1.29, 1.82) is 0 Å². The Bertz CT molecular complexity index is 1170. The molecule has 1 aromatic heterocycles. The first-order chi connectivity index (χ1) is 16.0. The smallest absolute Gasteiger partial charge is 0.267 e. The predicted molar refractivity (Wildman–Crippen MR) is 124 cm³/mol. The zero-order valence-corrected chi connectivity index (χ0v) is 18.8. The molecule has 8 heteroatoms. The lowest BCUT2D eigenvalue weighted by Gasteiger charge is -2.18. The minimum Gasteiger partial charge on any atom is -0.494 e. The Labute approximate surface area is 192 Å². The van der Waals surface area contributed by atoms with Crippen LogP contribution in [-0.2, 0) is 17.9 Å². The lowest BCUT2D eigenvalue weighted by molar-refractivity contribution is -0.131. The molecule has 2 aromatic carbocycles. The number of carbonyl (C=O) groups is 1. The van der Waals surface area contributed by atoms with Crippen LogP contribution in [0, 0.1) is 0 Å². The van der Waals surface area contributed by atoms with E-state index in [2.05, 4.69) is 5.10 Å². The Hall–Kier alpha value is -3.81. The van der Waals surface area contributed by atoms with E-state index in [-0.39, 0.29) is 18.0 Å². The number of carbonyl (C=O) groups excluding carboxylic acids is 1. The predicted octanol–water partition coefficient (Wildman–Crippen LogP) is 3.13. The second-order valence-corrected chi connectivity index (χ2v) is 7.75. The summed E-state index contributed by atoms with van der Waals surface area (Å²) in [7, 11) is 1.71. The molecular formula is C25H27N3O5. The van der Waals surface area contributed by atoms with Gasteiger partial charge in [-0.3, -0.25) is 9.59 Å². The number of likely N-dealkylation sites (N-methyl/N-ethyl adjacent to an activating group) is 1. The molecule has 33 heavy (non-hydrogen) atoms. The average molecular weight is 450 g/mol. The Morgan fingerprint density at radius 2 is 1.82 bits per heavy atom. The normalized spacial score (nSPS) is 12.7. The third-order valence-corrected chi connectivity index (χ3v) is 5.27. The lowest BCUT2D eigenvalue weighted by Crippen LogP contribution is -2.34. The molecule has 1 amide bonds. The fourth-order valence-corrected chi connectivity index (χ4v) is 3.51. The van der Waals surface area contributed by atoms with Gasteiger partial charge in [0.15, 0.2) is 11.5 Å². The van der Waals surface area contributed by atoms with Gasteiger partial charge in [-0.25, -0.2) is 4.68 Å². The summed E-state index contributed by atoms with van der Waals surface area (Å²) in [4.78, 5) is 26.7. The van der Waals surface area contributed by atoms with Gasteiger partial charge in [0.05, 0.1) is 25.5 Å². The van der Waals surface area contributed by atoms with Crippen LogP contribution >= 0.6 is 0 Å². The highest BCUT2D eigenvalue weighted by atomic mass is 16.5. The summed E-state index contributed by atoms with van der Waals surface area (Å²) in [6.07, 6.45) is 0.819. The van der Waals surface area contributed by atoms with Gasteiger partial charge in [-0.2, -0.15) is 5.10 Å². The Morgan fingerprint density at radius 3 is 2.58 bits per heavy atom. The van der Waals surface area contributed by atoms with Gasteiger partial charge in [-0.1, -0.05) is 12.1 Å². The highest BCUT2D eigenvalue weighted by Crippen LogP contribution is 2.33. The summed E-state index contributed by atoms with van der Waals surface area (Å²) in [6, 6.07) is 16.2. The molecule has 1 aliphatic rings. The second-order valence-electron chi connectivity index (χ2n) is 7.75. The van der Waals surface area contributed by atoms with Crippen LogP contribution in [0.25, 0.3) is 11.3 Å². The molecule has 0 radical (unpaired) electrons. The van der Waals surface area contributed by atoms with Gasteiger partial charge in [0.1, 0.15) is 12.3 Å².